The molecule has 0 aliphatic heterocycles. The fourth-order valence-electron chi connectivity index (χ4n) is 1.99. The number of likely N-dealkylation sites (N-methyl/N-ethyl adjacent to an activating group) is 1. The van der Waals surface area contributed by atoms with Crippen molar-refractivity contribution in [3.05, 3.63) is 0 Å². The van der Waals surface area contributed by atoms with Crippen molar-refractivity contribution in [2.75, 3.05) is 26.2 Å². The van der Waals surface area contributed by atoms with Gasteiger partial charge in [0, 0.05) is 12.6 Å². The van der Waals surface area contributed by atoms with E-state index in [9.17, 15) is 0 Å². The molecule has 1 unspecified atom stereocenters. The van der Waals surface area contributed by atoms with Crippen LogP contribution >= 0.6 is 0 Å². The lowest BCUT2D eigenvalue weighted by Gasteiger charge is -2.28. The van der Waals surface area contributed by atoms with E-state index < -0.39 is 0 Å². The zero-order chi connectivity index (χ0) is 12.2. The maximum Gasteiger partial charge on any atom is 0.0192 e. The van der Waals surface area contributed by atoms with E-state index in [-0.39, 0.29) is 0 Å². The fourth-order valence-corrected chi connectivity index (χ4v) is 1.99. The van der Waals surface area contributed by atoms with Gasteiger partial charge in [-0.05, 0) is 39.4 Å². The minimum absolute atomic E-state index is 0.679. The van der Waals surface area contributed by atoms with E-state index in [0.29, 0.717) is 6.04 Å². The summed E-state index contributed by atoms with van der Waals surface area (Å²) in [6.07, 6.45) is 6.62. The van der Waals surface area contributed by atoms with Crippen molar-refractivity contribution in [2.24, 2.45) is 0 Å². The molecule has 0 heterocycles. The maximum atomic E-state index is 3.57. The largest absolute Gasteiger partial charge is 0.315 e. The second kappa shape index (κ2) is 11.4. The first kappa shape index (κ1) is 15.9. The van der Waals surface area contributed by atoms with Gasteiger partial charge in [-0.1, -0.05) is 40.0 Å². The van der Waals surface area contributed by atoms with E-state index in [1.165, 1.54) is 51.7 Å². The Morgan fingerprint density at radius 1 is 1.00 bits per heavy atom. The van der Waals surface area contributed by atoms with Crippen molar-refractivity contribution >= 4 is 0 Å². The first-order valence-corrected chi connectivity index (χ1v) is 7.20. The average molecular weight is 228 g/mol. The SMILES string of the molecule is CCCCCNCC(C)N(CC)CCCC. The molecule has 0 radical (unpaired) electrons. The molecule has 0 aliphatic rings. The van der Waals surface area contributed by atoms with Gasteiger partial charge in [0.2, 0.25) is 0 Å². The normalized spacial score (nSPS) is 13.3. The molecule has 1 atom stereocenters. The fraction of sp³-hybridized carbons (Fsp3) is 1.00. The lowest BCUT2D eigenvalue weighted by molar-refractivity contribution is 0.211. The Morgan fingerprint density at radius 3 is 2.25 bits per heavy atom. The molecule has 0 saturated heterocycles. The third-order valence-corrected chi connectivity index (χ3v) is 3.23. The van der Waals surface area contributed by atoms with Gasteiger partial charge < -0.3 is 5.32 Å². The molecular weight excluding hydrogens is 196 g/mol. The molecule has 0 aromatic heterocycles. The predicted molar refractivity (Wildman–Crippen MR) is 74.0 cm³/mol. The van der Waals surface area contributed by atoms with Crippen molar-refractivity contribution in [1.29, 1.82) is 0 Å². The second-order valence-electron chi connectivity index (χ2n) is 4.74. The van der Waals surface area contributed by atoms with Crippen LogP contribution in [0.5, 0.6) is 0 Å². The molecule has 2 nitrogen and oxygen atoms in total. The lowest BCUT2D eigenvalue weighted by Crippen LogP contribution is -2.41. The highest BCUT2D eigenvalue weighted by Crippen LogP contribution is 2.01. The van der Waals surface area contributed by atoms with E-state index in [2.05, 4.69) is 37.9 Å². The molecule has 98 valence electrons. The van der Waals surface area contributed by atoms with Gasteiger partial charge in [-0.3, -0.25) is 4.90 Å². The molecular formula is C14H32N2. The van der Waals surface area contributed by atoms with Crippen LogP contribution < -0.4 is 5.32 Å². The average Bonchev–Trinajstić information content (AvgIpc) is 2.30. The molecule has 16 heavy (non-hydrogen) atoms. The minimum Gasteiger partial charge on any atom is -0.315 e. The van der Waals surface area contributed by atoms with Gasteiger partial charge in [-0.2, -0.15) is 0 Å². The number of rotatable bonds is 11. The monoisotopic (exact) mass is 228 g/mol. The number of nitrogens with one attached hydrogen (secondary N) is 1. The van der Waals surface area contributed by atoms with Crippen LogP contribution in [0.3, 0.4) is 0 Å². The van der Waals surface area contributed by atoms with Gasteiger partial charge in [0.05, 0.1) is 0 Å². The van der Waals surface area contributed by atoms with E-state index in [1.807, 2.05) is 0 Å². The standard InChI is InChI=1S/C14H32N2/c1-5-8-10-11-15-13-14(4)16(7-3)12-9-6-2/h14-15H,5-13H2,1-4H3. The molecule has 0 aromatic carbocycles. The van der Waals surface area contributed by atoms with Crippen LogP contribution in [0.4, 0.5) is 0 Å². The molecule has 2 heteroatoms. The van der Waals surface area contributed by atoms with Crippen LogP contribution in [-0.2, 0) is 0 Å². The van der Waals surface area contributed by atoms with Crippen molar-refractivity contribution in [1.82, 2.24) is 10.2 Å². The van der Waals surface area contributed by atoms with Crippen molar-refractivity contribution < 1.29 is 0 Å². The highest BCUT2D eigenvalue weighted by atomic mass is 15.2. The minimum atomic E-state index is 0.679. The van der Waals surface area contributed by atoms with Crippen molar-refractivity contribution in [3.63, 3.8) is 0 Å². The van der Waals surface area contributed by atoms with Gasteiger partial charge >= 0.3 is 0 Å². The molecule has 0 saturated carbocycles. The van der Waals surface area contributed by atoms with E-state index in [4.69, 9.17) is 0 Å². The number of hydrogen-bond acceptors (Lipinski definition) is 2. The third kappa shape index (κ3) is 8.12. The molecule has 0 amide bonds. The molecule has 1 N–H and O–H groups in total. The Hall–Kier alpha value is -0.0800. The van der Waals surface area contributed by atoms with Gasteiger partial charge in [0.25, 0.3) is 0 Å². The molecule has 0 aromatic rings. The molecule has 0 aliphatic carbocycles. The third-order valence-electron chi connectivity index (χ3n) is 3.23. The van der Waals surface area contributed by atoms with Crippen LogP contribution in [0.2, 0.25) is 0 Å². The predicted octanol–water partition coefficient (Wildman–Crippen LogP) is 3.28. The highest BCUT2D eigenvalue weighted by molar-refractivity contribution is 4.68. The Balaban J connectivity index is 3.54. The Bertz CT molecular complexity index is 137. The number of nitrogens with zero attached hydrogens (tertiary/aromatic N) is 1. The lowest BCUT2D eigenvalue weighted by atomic mass is 10.2. The Kier molecular flexibility index (Phi) is 11.3. The second-order valence-corrected chi connectivity index (χ2v) is 4.74. The Morgan fingerprint density at radius 2 is 1.69 bits per heavy atom. The zero-order valence-electron chi connectivity index (χ0n) is 11.9. The summed E-state index contributed by atoms with van der Waals surface area (Å²) < 4.78 is 0. The van der Waals surface area contributed by atoms with Gasteiger partial charge in [0.15, 0.2) is 0 Å². The summed E-state index contributed by atoms with van der Waals surface area (Å²) in [6.45, 7) is 13.9. The summed E-state index contributed by atoms with van der Waals surface area (Å²) in [5, 5.41) is 3.57. The van der Waals surface area contributed by atoms with Crippen LogP contribution in [-0.4, -0.2) is 37.1 Å². The zero-order valence-corrected chi connectivity index (χ0v) is 11.9. The summed E-state index contributed by atoms with van der Waals surface area (Å²) in [4.78, 5) is 2.58. The first-order chi connectivity index (χ1) is 7.76. The van der Waals surface area contributed by atoms with E-state index >= 15 is 0 Å². The number of unbranched alkanes of at least 4 members (excludes halogenated alkanes) is 3. The maximum absolute atomic E-state index is 3.57. The van der Waals surface area contributed by atoms with Gasteiger partial charge in [-0.15, -0.1) is 0 Å². The summed E-state index contributed by atoms with van der Waals surface area (Å²) in [5.74, 6) is 0. The van der Waals surface area contributed by atoms with Crippen LogP contribution in [0, 0.1) is 0 Å². The van der Waals surface area contributed by atoms with Gasteiger partial charge in [0.1, 0.15) is 0 Å². The van der Waals surface area contributed by atoms with Crippen LogP contribution in [0.25, 0.3) is 0 Å². The smallest absolute Gasteiger partial charge is 0.0192 e. The summed E-state index contributed by atoms with van der Waals surface area (Å²) in [6, 6.07) is 0.679. The first-order valence-electron chi connectivity index (χ1n) is 7.20. The summed E-state index contributed by atoms with van der Waals surface area (Å²) in [5.41, 5.74) is 0. The Labute approximate surface area is 103 Å². The molecule has 0 bridgehead atoms. The highest BCUT2D eigenvalue weighted by Gasteiger charge is 2.10. The molecule has 0 spiro atoms. The van der Waals surface area contributed by atoms with Crippen LogP contribution in [0.1, 0.15) is 59.8 Å². The molecule has 0 rings (SSSR count). The summed E-state index contributed by atoms with van der Waals surface area (Å²) in [7, 11) is 0. The number of hydrogen-bond donors (Lipinski definition) is 1. The topological polar surface area (TPSA) is 15.3 Å². The van der Waals surface area contributed by atoms with E-state index in [1.54, 1.807) is 0 Å². The van der Waals surface area contributed by atoms with Gasteiger partial charge in [-0.25, -0.2) is 0 Å². The van der Waals surface area contributed by atoms with Crippen LogP contribution in [0.15, 0.2) is 0 Å². The van der Waals surface area contributed by atoms with Crippen molar-refractivity contribution in [3.8, 4) is 0 Å². The summed E-state index contributed by atoms with van der Waals surface area (Å²) >= 11 is 0. The molecule has 0 fully saturated rings. The van der Waals surface area contributed by atoms with E-state index in [0.717, 1.165) is 6.54 Å². The van der Waals surface area contributed by atoms with Crippen molar-refractivity contribution in [2.45, 2.75) is 65.8 Å². The quantitative estimate of drug-likeness (QED) is 0.546.